The van der Waals surface area contributed by atoms with Crippen LogP contribution in [0.25, 0.3) is 0 Å². The van der Waals surface area contributed by atoms with E-state index in [2.05, 4.69) is 5.32 Å². The fourth-order valence-electron chi connectivity index (χ4n) is 2.77. The Hall–Kier alpha value is -0.610. The van der Waals surface area contributed by atoms with E-state index >= 15 is 0 Å². The van der Waals surface area contributed by atoms with Crippen LogP contribution >= 0.6 is 0 Å². The molecule has 1 aliphatic carbocycles. The van der Waals surface area contributed by atoms with Crippen LogP contribution in [0, 0.1) is 5.92 Å². The molecule has 0 aromatic carbocycles. The Balaban J connectivity index is 2.10. The molecule has 112 valence electrons. The van der Waals surface area contributed by atoms with Gasteiger partial charge in [-0.2, -0.15) is 0 Å². The second kappa shape index (κ2) is 7.85. The van der Waals surface area contributed by atoms with E-state index < -0.39 is 5.60 Å². The highest BCUT2D eigenvalue weighted by atomic mass is 16.3. The molecule has 0 atom stereocenters. The van der Waals surface area contributed by atoms with Gasteiger partial charge in [-0.3, -0.25) is 4.79 Å². The predicted octanol–water partition coefficient (Wildman–Crippen LogP) is 1.78. The highest BCUT2D eigenvalue weighted by Gasteiger charge is 2.17. The quantitative estimate of drug-likeness (QED) is 0.741. The van der Waals surface area contributed by atoms with Gasteiger partial charge in [0.1, 0.15) is 0 Å². The molecule has 2 N–H and O–H groups in total. The number of likely N-dealkylation sites (N-methyl/N-ethyl adjacent to an activating group) is 1. The van der Waals surface area contributed by atoms with Gasteiger partial charge in [-0.25, -0.2) is 0 Å². The van der Waals surface area contributed by atoms with Gasteiger partial charge in [0.2, 0.25) is 5.91 Å². The topological polar surface area (TPSA) is 52.6 Å². The van der Waals surface area contributed by atoms with Crippen LogP contribution in [0.15, 0.2) is 0 Å². The van der Waals surface area contributed by atoms with Crippen LogP contribution < -0.4 is 5.32 Å². The first kappa shape index (κ1) is 16.4. The summed E-state index contributed by atoms with van der Waals surface area (Å²) >= 11 is 0. The summed E-state index contributed by atoms with van der Waals surface area (Å²) in [6.07, 6.45) is 7.02. The first-order chi connectivity index (χ1) is 8.87. The molecular weight excluding hydrogens is 240 g/mol. The maximum Gasteiger partial charge on any atom is 0.221 e. The Labute approximate surface area is 117 Å². The summed E-state index contributed by atoms with van der Waals surface area (Å²) in [6.45, 7) is 5.69. The minimum atomic E-state index is -0.701. The molecule has 0 bridgehead atoms. The molecule has 0 spiro atoms. The number of aliphatic hydroxyl groups is 1. The van der Waals surface area contributed by atoms with Crippen LogP contribution in [0.5, 0.6) is 0 Å². The van der Waals surface area contributed by atoms with Gasteiger partial charge in [-0.15, -0.1) is 0 Å². The van der Waals surface area contributed by atoms with Crippen molar-refractivity contribution in [2.45, 2.75) is 58.0 Å². The van der Waals surface area contributed by atoms with Gasteiger partial charge in [0.05, 0.1) is 5.60 Å². The molecule has 1 rings (SSSR count). The van der Waals surface area contributed by atoms with Crippen LogP contribution in [0.1, 0.15) is 52.4 Å². The Kier molecular flexibility index (Phi) is 6.80. The Morgan fingerprint density at radius 3 is 2.53 bits per heavy atom. The lowest BCUT2D eigenvalue weighted by Crippen LogP contribution is -2.38. The number of nitrogens with zero attached hydrogens (tertiary/aromatic N) is 1. The second-order valence-corrected chi connectivity index (χ2v) is 6.61. The van der Waals surface area contributed by atoms with E-state index in [1.54, 1.807) is 13.8 Å². The summed E-state index contributed by atoms with van der Waals surface area (Å²) in [5.74, 6) is 0.819. The molecule has 0 unspecified atom stereocenters. The van der Waals surface area contributed by atoms with Crippen molar-refractivity contribution >= 4 is 5.91 Å². The van der Waals surface area contributed by atoms with Crippen molar-refractivity contribution in [1.82, 2.24) is 10.2 Å². The number of carbonyl (C=O) groups is 1. The van der Waals surface area contributed by atoms with Crippen molar-refractivity contribution in [2.24, 2.45) is 5.92 Å². The molecule has 0 aromatic heterocycles. The fourth-order valence-corrected chi connectivity index (χ4v) is 2.77. The van der Waals surface area contributed by atoms with E-state index in [0.717, 1.165) is 6.54 Å². The average Bonchev–Trinajstić information content (AvgIpc) is 2.33. The maximum absolute atomic E-state index is 11.8. The molecule has 1 amide bonds. The van der Waals surface area contributed by atoms with Crippen molar-refractivity contribution in [1.29, 1.82) is 0 Å². The molecule has 0 aliphatic heterocycles. The van der Waals surface area contributed by atoms with Gasteiger partial charge in [0, 0.05) is 26.1 Å². The molecule has 19 heavy (non-hydrogen) atoms. The third-order valence-electron chi connectivity index (χ3n) is 3.69. The van der Waals surface area contributed by atoms with E-state index in [4.69, 9.17) is 0 Å². The Morgan fingerprint density at radius 2 is 1.95 bits per heavy atom. The van der Waals surface area contributed by atoms with E-state index in [-0.39, 0.29) is 5.91 Å². The molecule has 0 heterocycles. The summed E-state index contributed by atoms with van der Waals surface area (Å²) in [5.41, 5.74) is -0.701. The van der Waals surface area contributed by atoms with Crippen LogP contribution in [0.3, 0.4) is 0 Å². The SMILES string of the molecule is CN(CCC(=O)NCC1CCCCC1)CC(C)(C)O. The molecule has 0 radical (unpaired) electrons. The van der Waals surface area contributed by atoms with Gasteiger partial charge >= 0.3 is 0 Å². The van der Waals surface area contributed by atoms with Gasteiger partial charge in [-0.05, 0) is 39.7 Å². The highest BCUT2D eigenvalue weighted by molar-refractivity contribution is 5.76. The average molecular weight is 270 g/mol. The summed E-state index contributed by atoms with van der Waals surface area (Å²) in [4.78, 5) is 13.8. The lowest BCUT2D eigenvalue weighted by Gasteiger charge is -2.25. The normalized spacial score (nSPS) is 17.7. The highest BCUT2D eigenvalue weighted by Crippen LogP contribution is 2.22. The fraction of sp³-hybridized carbons (Fsp3) is 0.933. The van der Waals surface area contributed by atoms with Gasteiger partial charge in [0.15, 0.2) is 0 Å². The van der Waals surface area contributed by atoms with Crippen molar-refractivity contribution in [3.63, 3.8) is 0 Å². The summed E-state index contributed by atoms with van der Waals surface area (Å²) < 4.78 is 0. The van der Waals surface area contributed by atoms with E-state index in [9.17, 15) is 9.90 Å². The van der Waals surface area contributed by atoms with Crippen molar-refractivity contribution in [3.8, 4) is 0 Å². The zero-order valence-corrected chi connectivity index (χ0v) is 12.7. The number of amides is 1. The standard InChI is InChI=1S/C15H30N2O2/c1-15(2,19)12-17(3)10-9-14(18)16-11-13-7-5-4-6-8-13/h13,19H,4-12H2,1-3H3,(H,16,18). The molecule has 1 saturated carbocycles. The van der Waals surface area contributed by atoms with Crippen LogP contribution in [-0.2, 0) is 4.79 Å². The lowest BCUT2D eigenvalue weighted by molar-refractivity contribution is -0.121. The first-order valence-corrected chi connectivity index (χ1v) is 7.54. The number of carbonyl (C=O) groups excluding carboxylic acids is 1. The summed E-state index contributed by atoms with van der Waals surface area (Å²) in [6, 6.07) is 0. The second-order valence-electron chi connectivity index (χ2n) is 6.61. The van der Waals surface area contributed by atoms with Gasteiger partial charge < -0.3 is 15.3 Å². The number of hydrogen-bond acceptors (Lipinski definition) is 3. The largest absolute Gasteiger partial charge is 0.389 e. The maximum atomic E-state index is 11.8. The molecule has 1 aliphatic rings. The molecule has 1 fully saturated rings. The smallest absolute Gasteiger partial charge is 0.221 e. The van der Waals surface area contributed by atoms with Crippen molar-refractivity contribution < 1.29 is 9.90 Å². The molecule has 0 saturated heterocycles. The Morgan fingerprint density at radius 1 is 1.32 bits per heavy atom. The molecular formula is C15H30N2O2. The number of hydrogen-bond donors (Lipinski definition) is 2. The Bertz CT molecular complexity index is 268. The van der Waals surface area contributed by atoms with Crippen molar-refractivity contribution in [2.75, 3.05) is 26.7 Å². The van der Waals surface area contributed by atoms with E-state index in [1.165, 1.54) is 32.1 Å². The summed E-state index contributed by atoms with van der Waals surface area (Å²) in [5, 5.41) is 12.7. The van der Waals surface area contributed by atoms with E-state index in [0.29, 0.717) is 25.4 Å². The third-order valence-corrected chi connectivity index (χ3v) is 3.69. The minimum Gasteiger partial charge on any atom is -0.389 e. The molecule has 4 nitrogen and oxygen atoms in total. The van der Waals surface area contributed by atoms with Gasteiger partial charge in [-0.1, -0.05) is 19.3 Å². The predicted molar refractivity (Wildman–Crippen MR) is 78.0 cm³/mol. The lowest BCUT2D eigenvalue weighted by atomic mass is 9.89. The van der Waals surface area contributed by atoms with Crippen LogP contribution in [-0.4, -0.2) is 48.2 Å². The van der Waals surface area contributed by atoms with Crippen molar-refractivity contribution in [3.05, 3.63) is 0 Å². The zero-order valence-electron chi connectivity index (χ0n) is 12.7. The minimum absolute atomic E-state index is 0.133. The number of rotatable bonds is 7. The third kappa shape index (κ3) is 8.22. The first-order valence-electron chi connectivity index (χ1n) is 7.54. The van der Waals surface area contributed by atoms with E-state index in [1.807, 2.05) is 11.9 Å². The van der Waals surface area contributed by atoms with Crippen LogP contribution in [0.2, 0.25) is 0 Å². The molecule has 0 aromatic rings. The molecule has 4 heteroatoms. The summed E-state index contributed by atoms with van der Waals surface area (Å²) in [7, 11) is 1.94. The van der Waals surface area contributed by atoms with Crippen LogP contribution in [0.4, 0.5) is 0 Å². The van der Waals surface area contributed by atoms with Gasteiger partial charge in [0.25, 0.3) is 0 Å². The zero-order chi connectivity index (χ0) is 14.3. The monoisotopic (exact) mass is 270 g/mol. The number of nitrogens with one attached hydrogen (secondary N) is 1.